The van der Waals surface area contributed by atoms with E-state index < -0.39 is 10.0 Å². The van der Waals surface area contributed by atoms with Crippen LogP contribution in [0.15, 0.2) is 30.3 Å². The van der Waals surface area contributed by atoms with Crippen molar-refractivity contribution in [2.45, 2.75) is 13.0 Å². The van der Waals surface area contributed by atoms with Gasteiger partial charge in [-0.05, 0) is 11.5 Å². The molecule has 6 nitrogen and oxygen atoms in total. The lowest BCUT2D eigenvalue weighted by atomic mass is 9.85. The molecule has 0 spiro atoms. The summed E-state index contributed by atoms with van der Waals surface area (Å²) in [5, 5.41) is 2.94. The lowest BCUT2D eigenvalue weighted by Gasteiger charge is -2.47. The van der Waals surface area contributed by atoms with Gasteiger partial charge >= 0.3 is 6.03 Å². The molecule has 0 radical (unpaired) electrons. The van der Waals surface area contributed by atoms with Crippen molar-refractivity contribution in [3.8, 4) is 0 Å². The van der Waals surface area contributed by atoms with Gasteiger partial charge < -0.3 is 10.2 Å². The third kappa shape index (κ3) is 3.35. The number of amides is 2. The number of rotatable bonds is 4. The van der Waals surface area contributed by atoms with Crippen molar-refractivity contribution in [1.82, 2.24) is 14.5 Å². The monoisotopic (exact) mass is 337 g/mol. The summed E-state index contributed by atoms with van der Waals surface area (Å²) < 4.78 is 24.1. The number of benzene rings is 1. The Balaban J connectivity index is 1.50. The molecule has 0 saturated carbocycles. The van der Waals surface area contributed by atoms with Gasteiger partial charge in [0, 0.05) is 32.1 Å². The van der Waals surface area contributed by atoms with Gasteiger partial charge in [-0.2, -0.15) is 0 Å². The Morgan fingerprint density at radius 1 is 1.22 bits per heavy atom. The van der Waals surface area contributed by atoms with E-state index in [9.17, 15) is 13.2 Å². The minimum atomic E-state index is -3.09. The van der Waals surface area contributed by atoms with Gasteiger partial charge in [-0.3, -0.25) is 0 Å². The second-order valence-electron chi connectivity index (χ2n) is 6.62. The van der Waals surface area contributed by atoms with Gasteiger partial charge in [0.05, 0.1) is 12.3 Å². The van der Waals surface area contributed by atoms with Gasteiger partial charge in [0.15, 0.2) is 0 Å². The molecule has 0 unspecified atom stereocenters. The van der Waals surface area contributed by atoms with Crippen LogP contribution >= 0.6 is 0 Å². The molecule has 1 N–H and O–H groups in total. The minimum absolute atomic E-state index is 0.0604. The quantitative estimate of drug-likeness (QED) is 0.900. The molecule has 3 rings (SSSR count). The number of likely N-dealkylation sites (tertiary alicyclic amines) is 1. The van der Waals surface area contributed by atoms with Crippen LogP contribution in [0.4, 0.5) is 4.79 Å². The maximum absolute atomic E-state index is 12.4. The fraction of sp³-hybridized carbons (Fsp3) is 0.562. The van der Waals surface area contributed by atoms with Crippen molar-refractivity contribution < 1.29 is 13.2 Å². The van der Waals surface area contributed by atoms with E-state index in [1.165, 1.54) is 10.6 Å². The average Bonchev–Trinajstić information content (AvgIpc) is 2.42. The van der Waals surface area contributed by atoms with Gasteiger partial charge in [-0.1, -0.05) is 37.3 Å². The SMILES string of the molecule is C[C@H]1CN(C(=O)NCC2CN(S(C)(=O)=O)C2)[C@@H]1c1ccccc1. The third-order valence-corrected chi connectivity index (χ3v) is 5.93. The Kier molecular flexibility index (Phi) is 4.33. The number of nitrogens with one attached hydrogen (secondary N) is 1. The second-order valence-corrected chi connectivity index (χ2v) is 8.60. The highest BCUT2D eigenvalue weighted by molar-refractivity contribution is 7.88. The first-order chi connectivity index (χ1) is 10.9. The molecule has 2 heterocycles. The summed E-state index contributed by atoms with van der Waals surface area (Å²) in [5.74, 6) is 0.662. The van der Waals surface area contributed by atoms with E-state index >= 15 is 0 Å². The molecule has 2 atom stereocenters. The molecule has 0 aliphatic carbocycles. The highest BCUT2D eigenvalue weighted by atomic mass is 32.2. The van der Waals surface area contributed by atoms with Crippen LogP contribution in [0.25, 0.3) is 0 Å². The van der Waals surface area contributed by atoms with Crippen LogP contribution in [0.2, 0.25) is 0 Å². The summed E-state index contributed by atoms with van der Waals surface area (Å²) in [5.41, 5.74) is 1.16. The molecule has 0 bridgehead atoms. The van der Waals surface area contributed by atoms with Gasteiger partial charge in [0.2, 0.25) is 10.0 Å². The van der Waals surface area contributed by atoms with Crippen molar-refractivity contribution in [1.29, 1.82) is 0 Å². The summed E-state index contributed by atoms with van der Waals surface area (Å²) >= 11 is 0. The summed E-state index contributed by atoms with van der Waals surface area (Å²) in [6, 6.07) is 10.1. The molecule has 2 saturated heterocycles. The molecule has 1 aromatic rings. The Morgan fingerprint density at radius 2 is 1.87 bits per heavy atom. The normalized spacial score (nSPS) is 25.6. The van der Waals surface area contributed by atoms with Crippen molar-refractivity contribution in [3.05, 3.63) is 35.9 Å². The highest BCUT2D eigenvalue weighted by Gasteiger charge is 2.40. The summed E-state index contributed by atoms with van der Waals surface area (Å²) in [6.45, 7) is 4.43. The topological polar surface area (TPSA) is 69.7 Å². The van der Waals surface area contributed by atoms with Crippen molar-refractivity contribution in [3.63, 3.8) is 0 Å². The summed E-state index contributed by atoms with van der Waals surface area (Å²) in [6.07, 6.45) is 1.22. The van der Waals surface area contributed by atoms with Crippen LogP contribution in [0.1, 0.15) is 18.5 Å². The number of sulfonamides is 1. The van der Waals surface area contributed by atoms with Crippen molar-refractivity contribution in [2.75, 3.05) is 32.4 Å². The van der Waals surface area contributed by atoms with Crippen molar-refractivity contribution in [2.24, 2.45) is 11.8 Å². The predicted molar refractivity (Wildman–Crippen MR) is 88.4 cm³/mol. The average molecular weight is 337 g/mol. The van der Waals surface area contributed by atoms with Crippen LogP contribution in [-0.4, -0.2) is 56.1 Å². The van der Waals surface area contributed by atoms with Crippen molar-refractivity contribution >= 4 is 16.1 Å². The Labute approximate surface area is 137 Å². The molecule has 7 heteroatoms. The van der Waals surface area contributed by atoms with Crippen LogP contribution in [0, 0.1) is 11.8 Å². The number of hydrogen-bond donors (Lipinski definition) is 1. The molecule has 2 aliphatic rings. The molecule has 0 aromatic heterocycles. The van der Waals surface area contributed by atoms with Gasteiger partial charge in [0.1, 0.15) is 0 Å². The number of hydrogen-bond acceptors (Lipinski definition) is 3. The van der Waals surface area contributed by atoms with E-state index in [2.05, 4.69) is 24.4 Å². The molecular weight excluding hydrogens is 314 g/mol. The van der Waals surface area contributed by atoms with E-state index in [-0.39, 0.29) is 18.0 Å². The van der Waals surface area contributed by atoms with Crippen LogP contribution in [-0.2, 0) is 10.0 Å². The fourth-order valence-electron chi connectivity index (χ4n) is 3.32. The van der Waals surface area contributed by atoms with E-state index in [1.54, 1.807) is 0 Å². The van der Waals surface area contributed by atoms with Crippen LogP contribution in [0.3, 0.4) is 0 Å². The maximum Gasteiger partial charge on any atom is 0.317 e. The molecule has 1 aromatic carbocycles. The lowest BCUT2D eigenvalue weighted by molar-refractivity contribution is 0.0574. The molecule has 2 aliphatic heterocycles. The zero-order chi connectivity index (χ0) is 16.6. The second kappa shape index (κ2) is 6.13. The first kappa shape index (κ1) is 16.3. The third-order valence-electron chi connectivity index (χ3n) is 4.70. The first-order valence-corrected chi connectivity index (χ1v) is 9.75. The predicted octanol–water partition coefficient (Wildman–Crippen LogP) is 1.28. The molecular formula is C16H23N3O3S. The van der Waals surface area contributed by atoms with E-state index in [0.717, 1.165) is 12.1 Å². The van der Waals surface area contributed by atoms with Gasteiger partial charge in [-0.25, -0.2) is 17.5 Å². The molecule has 2 fully saturated rings. The summed E-state index contributed by atoms with van der Waals surface area (Å²) in [4.78, 5) is 14.2. The number of nitrogens with zero attached hydrogens (tertiary/aromatic N) is 2. The van der Waals surface area contributed by atoms with Gasteiger partial charge in [0.25, 0.3) is 0 Å². The smallest absolute Gasteiger partial charge is 0.317 e. The number of carbonyl (C=O) groups is 1. The first-order valence-electron chi connectivity index (χ1n) is 7.91. The molecule has 126 valence electrons. The zero-order valence-corrected chi connectivity index (χ0v) is 14.3. The fourth-order valence-corrected chi connectivity index (χ4v) is 4.28. The maximum atomic E-state index is 12.4. The summed E-state index contributed by atoms with van der Waals surface area (Å²) in [7, 11) is -3.09. The van der Waals surface area contributed by atoms with E-state index in [0.29, 0.717) is 25.6 Å². The van der Waals surface area contributed by atoms with E-state index in [4.69, 9.17) is 0 Å². The lowest BCUT2D eigenvalue weighted by Crippen LogP contribution is -2.58. The standard InChI is InChI=1S/C16H23N3O3S/c1-12-9-19(15(12)14-6-4-3-5-7-14)16(20)17-8-13-10-18(11-13)23(2,21)22/h3-7,12-13,15H,8-11H2,1-2H3,(H,17,20)/t12-,15-/m0/s1. The minimum Gasteiger partial charge on any atom is -0.338 e. The largest absolute Gasteiger partial charge is 0.338 e. The number of carbonyl (C=O) groups excluding carboxylic acids is 1. The Hall–Kier alpha value is -1.60. The Bertz CT molecular complexity index is 671. The van der Waals surface area contributed by atoms with Crippen LogP contribution < -0.4 is 5.32 Å². The molecule has 2 amide bonds. The van der Waals surface area contributed by atoms with Gasteiger partial charge in [-0.15, -0.1) is 0 Å². The highest BCUT2D eigenvalue weighted by Crippen LogP contribution is 2.38. The van der Waals surface area contributed by atoms with Crippen LogP contribution in [0.5, 0.6) is 0 Å². The molecule has 23 heavy (non-hydrogen) atoms. The number of urea groups is 1. The zero-order valence-electron chi connectivity index (χ0n) is 13.5. The van der Waals surface area contributed by atoms with E-state index in [1.807, 2.05) is 23.1 Å². The Morgan fingerprint density at radius 3 is 2.43 bits per heavy atom.